The number of Topliss-reactive ketones (excluding diaryl/α,β-unsaturated/α-hetero) is 1. The van der Waals surface area contributed by atoms with Crippen LogP contribution in [0.1, 0.15) is 35.3 Å². The van der Waals surface area contributed by atoms with E-state index >= 15 is 0 Å². The Morgan fingerprint density at radius 2 is 2.14 bits per heavy atom. The first-order valence-corrected chi connectivity index (χ1v) is 4.57. The van der Waals surface area contributed by atoms with Gasteiger partial charge in [-0.3, -0.25) is 9.59 Å². The van der Waals surface area contributed by atoms with Crippen LogP contribution in [-0.2, 0) is 4.79 Å². The predicted molar refractivity (Wildman–Crippen MR) is 51.9 cm³/mol. The molecule has 0 unspecified atom stereocenters. The van der Waals surface area contributed by atoms with Crippen LogP contribution in [0.15, 0.2) is 24.3 Å². The summed E-state index contributed by atoms with van der Waals surface area (Å²) in [6, 6.07) is 7.29. The lowest BCUT2D eigenvalue weighted by atomic mass is 10.1. The molecule has 72 valence electrons. The Morgan fingerprint density at radius 1 is 1.43 bits per heavy atom. The maximum atomic E-state index is 11.5. The van der Waals surface area contributed by atoms with Gasteiger partial charge in [-0.05, 0) is 5.56 Å². The number of ketones is 1. The summed E-state index contributed by atoms with van der Waals surface area (Å²) in [4.78, 5) is 22.4. The normalized spacial score (nSPS) is 19.2. The number of fused-ring (bicyclic) bond motifs is 1. The summed E-state index contributed by atoms with van der Waals surface area (Å²) >= 11 is 0. The first-order chi connectivity index (χ1) is 6.68. The van der Waals surface area contributed by atoms with Crippen molar-refractivity contribution in [1.82, 2.24) is 5.32 Å². The predicted octanol–water partition coefficient (Wildman–Crippen LogP) is 1.45. The number of hydrogen-bond donors (Lipinski definition) is 1. The average Bonchev–Trinajstić information content (AvgIpc) is 2.44. The second-order valence-electron chi connectivity index (χ2n) is 3.47. The molecular formula is C11H11NO2. The van der Waals surface area contributed by atoms with Crippen LogP contribution >= 0.6 is 0 Å². The Balaban J connectivity index is 2.34. The van der Waals surface area contributed by atoms with Crippen molar-refractivity contribution in [2.24, 2.45) is 0 Å². The number of benzene rings is 1. The monoisotopic (exact) mass is 189 g/mol. The lowest BCUT2D eigenvalue weighted by molar-refractivity contribution is -0.119. The van der Waals surface area contributed by atoms with Crippen molar-refractivity contribution in [3.8, 4) is 0 Å². The van der Waals surface area contributed by atoms with Crippen molar-refractivity contribution < 1.29 is 9.59 Å². The molecule has 1 aliphatic carbocycles. The fourth-order valence-corrected chi connectivity index (χ4v) is 1.83. The number of hydrogen-bond acceptors (Lipinski definition) is 2. The number of carbonyl (C=O) groups excluding carboxylic acids is 2. The van der Waals surface area contributed by atoms with Crippen molar-refractivity contribution >= 4 is 11.7 Å². The minimum absolute atomic E-state index is 0.0977. The molecule has 0 bridgehead atoms. The largest absolute Gasteiger partial charge is 0.349 e. The van der Waals surface area contributed by atoms with Gasteiger partial charge in [0.1, 0.15) is 0 Å². The highest BCUT2D eigenvalue weighted by Crippen LogP contribution is 2.30. The quantitative estimate of drug-likeness (QED) is 0.726. The summed E-state index contributed by atoms with van der Waals surface area (Å²) in [5.74, 6) is 0.0128. The van der Waals surface area contributed by atoms with Crippen LogP contribution in [0.5, 0.6) is 0 Å². The molecule has 1 aliphatic rings. The van der Waals surface area contributed by atoms with E-state index in [1.54, 1.807) is 6.07 Å². The topological polar surface area (TPSA) is 46.2 Å². The molecule has 1 atom stereocenters. The number of carbonyl (C=O) groups is 2. The van der Waals surface area contributed by atoms with Gasteiger partial charge in [0.25, 0.3) is 0 Å². The van der Waals surface area contributed by atoms with Crippen LogP contribution in [0.4, 0.5) is 0 Å². The molecule has 2 rings (SSSR count). The molecule has 0 aromatic heterocycles. The standard InChI is InChI=1S/C11H11NO2/c1-7(13)12-10-6-11(14)9-5-3-2-4-8(9)10/h2-5,10H,6H2,1H3,(H,12,13)/t10-/m1/s1. The van der Waals surface area contributed by atoms with Gasteiger partial charge in [0.2, 0.25) is 5.91 Å². The molecule has 0 aliphatic heterocycles. The Morgan fingerprint density at radius 3 is 2.86 bits per heavy atom. The molecule has 1 amide bonds. The number of rotatable bonds is 1. The van der Waals surface area contributed by atoms with Crippen LogP contribution in [0, 0.1) is 0 Å². The molecule has 3 nitrogen and oxygen atoms in total. The SMILES string of the molecule is CC(=O)N[C@@H]1CC(=O)c2ccccc21. The Hall–Kier alpha value is -1.64. The van der Waals surface area contributed by atoms with Gasteiger partial charge in [0.05, 0.1) is 6.04 Å². The second-order valence-corrected chi connectivity index (χ2v) is 3.47. The Bertz CT molecular complexity index is 396. The van der Waals surface area contributed by atoms with Crippen molar-refractivity contribution in [2.45, 2.75) is 19.4 Å². The van der Waals surface area contributed by atoms with Crippen molar-refractivity contribution in [3.63, 3.8) is 0 Å². The Kier molecular flexibility index (Phi) is 2.08. The highest BCUT2D eigenvalue weighted by molar-refractivity contribution is 6.01. The zero-order chi connectivity index (χ0) is 10.1. The lowest BCUT2D eigenvalue weighted by Gasteiger charge is -2.10. The summed E-state index contributed by atoms with van der Waals surface area (Å²) < 4.78 is 0. The summed E-state index contributed by atoms with van der Waals surface area (Å²) in [6.07, 6.45) is 0.388. The van der Waals surface area contributed by atoms with Gasteiger partial charge in [0, 0.05) is 18.9 Å². The smallest absolute Gasteiger partial charge is 0.217 e. The van der Waals surface area contributed by atoms with E-state index in [2.05, 4.69) is 5.32 Å². The van der Waals surface area contributed by atoms with E-state index in [9.17, 15) is 9.59 Å². The van der Waals surface area contributed by atoms with Crippen molar-refractivity contribution in [2.75, 3.05) is 0 Å². The molecule has 0 saturated carbocycles. The fourth-order valence-electron chi connectivity index (χ4n) is 1.83. The minimum Gasteiger partial charge on any atom is -0.349 e. The van der Waals surface area contributed by atoms with Gasteiger partial charge in [-0.1, -0.05) is 24.3 Å². The molecule has 0 fully saturated rings. The summed E-state index contributed by atoms with van der Waals surface area (Å²) in [5, 5.41) is 2.77. The molecule has 1 aromatic rings. The van der Waals surface area contributed by atoms with Crippen LogP contribution in [-0.4, -0.2) is 11.7 Å². The van der Waals surface area contributed by atoms with E-state index in [0.717, 1.165) is 11.1 Å². The zero-order valence-corrected chi connectivity index (χ0v) is 7.91. The van der Waals surface area contributed by atoms with Gasteiger partial charge in [-0.2, -0.15) is 0 Å². The summed E-state index contributed by atoms with van der Waals surface area (Å²) in [7, 11) is 0. The zero-order valence-electron chi connectivity index (χ0n) is 7.91. The van der Waals surface area contributed by atoms with Gasteiger partial charge in [0.15, 0.2) is 5.78 Å². The highest BCUT2D eigenvalue weighted by Gasteiger charge is 2.28. The van der Waals surface area contributed by atoms with Gasteiger partial charge in [-0.25, -0.2) is 0 Å². The highest BCUT2D eigenvalue weighted by atomic mass is 16.1. The summed E-state index contributed by atoms with van der Waals surface area (Å²) in [6.45, 7) is 1.46. The molecule has 1 N–H and O–H groups in total. The van der Waals surface area contributed by atoms with E-state index in [1.165, 1.54) is 6.92 Å². The van der Waals surface area contributed by atoms with E-state index < -0.39 is 0 Å². The van der Waals surface area contributed by atoms with E-state index in [4.69, 9.17) is 0 Å². The maximum absolute atomic E-state index is 11.5. The third-order valence-electron chi connectivity index (χ3n) is 2.40. The lowest BCUT2D eigenvalue weighted by Crippen LogP contribution is -2.24. The fraction of sp³-hybridized carbons (Fsp3) is 0.273. The minimum atomic E-state index is -0.129. The van der Waals surface area contributed by atoms with Crippen LogP contribution in [0.3, 0.4) is 0 Å². The number of nitrogens with one attached hydrogen (secondary N) is 1. The first-order valence-electron chi connectivity index (χ1n) is 4.57. The molecule has 14 heavy (non-hydrogen) atoms. The Labute approximate surface area is 82.1 Å². The molecule has 1 aromatic carbocycles. The average molecular weight is 189 g/mol. The molecule has 3 heteroatoms. The molecule has 0 spiro atoms. The summed E-state index contributed by atoms with van der Waals surface area (Å²) in [5.41, 5.74) is 1.68. The van der Waals surface area contributed by atoms with E-state index in [-0.39, 0.29) is 17.7 Å². The molecule has 0 radical (unpaired) electrons. The van der Waals surface area contributed by atoms with Crippen molar-refractivity contribution in [3.05, 3.63) is 35.4 Å². The third-order valence-corrected chi connectivity index (χ3v) is 2.40. The third kappa shape index (κ3) is 1.41. The van der Waals surface area contributed by atoms with E-state index in [1.807, 2.05) is 18.2 Å². The van der Waals surface area contributed by atoms with Crippen LogP contribution in [0.2, 0.25) is 0 Å². The molecule has 0 saturated heterocycles. The van der Waals surface area contributed by atoms with Crippen LogP contribution < -0.4 is 5.32 Å². The number of amides is 1. The van der Waals surface area contributed by atoms with Gasteiger partial charge < -0.3 is 5.32 Å². The van der Waals surface area contributed by atoms with Crippen LogP contribution in [0.25, 0.3) is 0 Å². The molecular weight excluding hydrogens is 178 g/mol. The van der Waals surface area contributed by atoms with Gasteiger partial charge in [-0.15, -0.1) is 0 Å². The molecule has 0 heterocycles. The second kappa shape index (κ2) is 3.25. The first kappa shape index (κ1) is 8.94. The maximum Gasteiger partial charge on any atom is 0.217 e. The van der Waals surface area contributed by atoms with Crippen molar-refractivity contribution in [1.29, 1.82) is 0 Å². The van der Waals surface area contributed by atoms with Gasteiger partial charge >= 0.3 is 0 Å². The van der Waals surface area contributed by atoms with E-state index in [0.29, 0.717) is 6.42 Å².